The van der Waals surface area contributed by atoms with Crippen LogP contribution in [0.1, 0.15) is 30.0 Å². The average Bonchev–Trinajstić information content (AvgIpc) is 2.82. The van der Waals surface area contributed by atoms with Crippen molar-refractivity contribution >= 4 is 11.8 Å². The normalized spacial score (nSPS) is 13.2. The lowest BCUT2D eigenvalue weighted by atomic mass is 10.1. The molecule has 0 spiro atoms. The monoisotopic (exact) mass is 283 g/mol. The molecule has 0 bridgehead atoms. The molecule has 1 N–H and O–H groups in total. The van der Waals surface area contributed by atoms with Gasteiger partial charge in [-0.15, -0.1) is 0 Å². The Hall–Kier alpha value is -1.25. The summed E-state index contributed by atoms with van der Waals surface area (Å²) in [6.45, 7) is 1.09. The SMILES string of the molecule is CSCCCCNC1c2ccccc2-c2ccccc21. The van der Waals surface area contributed by atoms with Gasteiger partial charge in [0.2, 0.25) is 0 Å². The summed E-state index contributed by atoms with van der Waals surface area (Å²) in [5.74, 6) is 1.26. The molecule has 1 aliphatic rings. The Bertz CT molecular complexity index is 534. The van der Waals surface area contributed by atoms with E-state index in [0.29, 0.717) is 6.04 Å². The quantitative estimate of drug-likeness (QED) is 0.784. The fourth-order valence-electron chi connectivity index (χ4n) is 2.99. The van der Waals surface area contributed by atoms with Gasteiger partial charge in [-0.2, -0.15) is 11.8 Å². The van der Waals surface area contributed by atoms with Crippen LogP contribution in [-0.4, -0.2) is 18.6 Å². The Morgan fingerprint density at radius 2 is 1.50 bits per heavy atom. The molecule has 0 saturated heterocycles. The number of fused-ring (bicyclic) bond motifs is 3. The first-order valence-corrected chi connectivity index (χ1v) is 8.72. The van der Waals surface area contributed by atoms with Crippen molar-refractivity contribution in [1.82, 2.24) is 5.32 Å². The van der Waals surface area contributed by atoms with Crippen LogP contribution in [0, 0.1) is 0 Å². The number of nitrogens with one attached hydrogen (secondary N) is 1. The Balaban J connectivity index is 1.77. The third-order valence-electron chi connectivity index (χ3n) is 3.96. The van der Waals surface area contributed by atoms with Crippen molar-refractivity contribution in [3.05, 3.63) is 59.7 Å². The van der Waals surface area contributed by atoms with Gasteiger partial charge in [0.1, 0.15) is 0 Å². The molecule has 0 aliphatic heterocycles. The van der Waals surface area contributed by atoms with E-state index >= 15 is 0 Å². The van der Waals surface area contributed by atoms with Crippen LogP contribution < -0.4 is 5.32 Å². The molecule has 1 nitrogen and oxygen atoms in total. The zero-order chi connectivity index (χ0) is 13.8. The number of benzene rings is 2. The van der Waals surface area contributed by atoms with E-state index in [2.05, 4.69) is 60.1 Å². The minimum Gasteiger partial charge on any atom is -0.306 e. The largest absolute Gasteiger partial charge is 0.306 e. The summed E-state index contributed by atoms with van der Waals surface area (Å²) in [4.78, 5) is 0. The minimum atomic E-state index is 0.372. The number of thioether (sulfide) groups is 1. The maximum absolute atomic E-state index is 3.74. The zero-order valence-corrected chi connectivity index (χ0v) is 12.7. The van der Waals surface area contributed by atoms with Gasteiger partial charge in [-0.1, -0.05) is 48.5 Å². The van der Waals surface area contributed by atoms with Crippen LogP contribution in [0.5, 0.6) is 0 Å². The molecule has 0 radical (unpaired) electrons. The highest BCUT2D eigenvalue weighted by atomic mass is 32.2. The Labute approximate surface area is 125 Å². The van der Waals surface area contributed by atoms with E-state index < -0.39 is 0 Å². The summed E-state index contributed by atoms with van der Waals surface area (Å²) >= 11 is 1.93. The van der Waals surface area contributed by atoms with Gasteiger partial charge in [-0.3, -0.25) is 0 Å². The van der Waals surface area contributed by atoms with Crippen LogP contribution >= 0.6 is 11.8 Å². The molecule has 0 heterocycles. The number of hydrogen-bond donors (Lipinski definition) is 1. The van der Waals surface area contributed by atoms with Crippen molar-refractivity contribution in [3.8, 4) is 11.1 Å². The molecule has 1 aliphatic carbocycles. The Morgan fingerprint density at radius 3 is 2.10 bits per heavy atom. The molecule has 0 saturated carbocycles. The summed E-state index contributed by atoms with van der Waals surface area (Å²) in [6, 6.07) is 17.9. The summed E-state index contributed by atoms with van der Waals surface area (Å²) < 4.78 is 0. The molecule has 20 heavy (non-hydrogen) atoms. The predicted octanol–water partition coefficient (Wildman–Crippen LogP) is 4.49. The van der Waals surface area contributed by atoms with E-state index in [0.717, 1.165) is 6.54 Å². The highest BCUT2D eigenvalue weighted by Gasteiger charge is 2.26. The van der Waals surface area contributed by atoms with Crippen LogP contribution in [0.2, 0.25) is 0 Å². The molecular weight excluding hydrogens is 262 g/mol. The van der Waals surface area contributed by atoms with Gasteiger partial charge in [0, 0.05) is 0 Å². The molecule has 3 rings (SSSR count). The van der Waals surface area contributed by atoms with Gasteiger partial charge in [0.05, 0.1) is 6.04 Å². The predicted molar refractivity (Wildman–Crippen MR) is 89.3 cm³/mol. The maximum Gasteiger partial charge on any atom is 0.0588 e. The topological polar surface area (TPSA) is 12.0 Å². The third-order valence-corrected chi connectivity index (χ3v) is 4.65. The Kier molecular flexibility index (Phi) is 4.44. The molecule has 2 aromatic rings. The second-order valence-electron chi connectivity index (χ2n) is 5.26. The standard InChI is InChI=1S/C18H21NS/c1-20-13-7-6-12-19-18-16-10-4-2-8-14(16)15-9-3-5-11-17(15)18/h2-5,8-11,18-19H,6-7,12-13H2,1H3. The average molecular weight is 283 g/mol. The van der Waals surface area contributed by atoms with Gasteiger partial charge in [0.15, 0.2) is 0 Å². The van der Waals surface area contributed by atoms with E-state index in [1.807, 2.05) is 11.8 Å². The lowest BCUT2D eigenvalue weighted by Gasteiger charge is -2.15. The lowest BCUT2D eigenvalue weighted by Crippen LogP contribution is -2.21. The van der Waals surface area contributed by atoms with Crippen molar-refractivity contribution < 1.29 is 0 Å². The number of hydrogen-bond acceptors (Lipinski definition) is 2. The molecule has 0 aromatic heterocycles. The smallest absolute Gasteiger partial charge is 0.0588 e. The molecule has 2 aromatic carbocycles. The fourth-order valence-corrected chi connectivity index (χ4v) is 3.49. The van der Waals surface area contributed by atoms with Crippen molar-refractivity contribution in [2.45, 2.75) is 18.9 Å². The number of unbranched alkanes of at least 4 members (excludes halogenated alkanes) is 1. The maximum atomic E-state index is 3.74. The van der Waals surface area contributed by atoms with Crippen molar-refractivity contribution in [3.63, 3.8) is 0 Å². The van der Waals surface area contributed by atoms with E-state index in [4.69, 9.17) is 0 Å². The Morgan fingerprint density at radius 1 is 0.900 bits per heavy atom. The van der Waals surface area contributed by atoms with Gasteiger partial charge in [0.25, 0.3) is 0 Å². The van der Waals surface area contributed by atoms with Gasteiger partial charge in [-0.05, 0) is 53.6 Å². The summed E-state index contributed by atoms with van der Waals surface area (Å²) in [7, 11) is 0. The van der Waals surface area contributed by atoms with Crippen LogP contribution in [0.25, 0.3) is 11.1 Å². The fraction of sp³-hybridized carbons (Fsp3) is 0.333. The van der Waals surface area contributed by atoms with Gasteiger partial charge < -0.3 is 5.32 Å². The first-order valence-electron chi connectivity index (χ1n) is 7.32. The van der Waals surface area contributed by atoms with Gasteiger partial charge in [-0.25, -0.2) is 0 Å². The molecule has 0 unspecified atom stereocenters. The molecule has 2 heteroatoms. The molecular formula is C18H21NS. The van der Waals surface area contributed by atoms with E-state index in [1.54, 1.807) is 0 Å². The van der Waals surface area contributed by atoms with E-state index in [9.17, 15) is 0 Å². The van der Waals surface area contributed by atoms with Crippen molar-refractivity contribution in [2.24, 2.45) is 0 Å². The summed E-state index contributed by atoms with van der Waals surface area (Å²) in [5, 5.41) is 3.74. The van der Waals surface area contributed by atoms with E-state index in [1.165, 1.54) is 40.8 Å². The second-order valence-corrected chi connectivity index (χ2v) is 6.25. The molecule has 0 amide bonds. The van der Waals surface area contributed by atoms with E-state index in [-0.39, 0.29) is 0 Å². The second kappa shape index (κ2) is 6.47. The zero-order valence-electron chi connectivity index (χ0n) is 11.9. The van der Waals surface area contributed by atoms with Crippen molar-refractivity contribution in [2.75, 3.05) is 18.6 Å². The minimum absolute atomic E-state index is 0.372. The van der Waals surface area contributed by atoms with Gasteiger partial charge >= 0.3 is 0 Å². The molecule has 0 fully saturated rings. The lowest BCUT2D eigenvalue weighted by molar-refractivity contribution is 0.588. The first kappa shape index (κ1) is 13.7. The van der Waals surface area contributed by atoms with Crippen LogP contribution in [-0.2, 0) is 0 Å². The molecule has 104 valence electrons. The van der Waals surface area contributed by atoms with Crippen molar-refractivity contribution in [1.29, 1.82) is 0 Å². The highest BCUT2D eigenvalue weighted by Crippen LogP contribution is 2.42. The highest BCUT2D eigenvalue weighted by molar-refractivity contribution is 7.98. The van der Waals surface area contributed by atoms with Crippen LogP contribution in [0.3, 0.4) is 0 Å². The number of rotatable bonds is 6. The van der Waals surface area contributed by atoms with Crippen LogP contribution in [0.15, 0.2) is 48.5 Å². The first-order chi connectivity index (χ1) is 9.92. The third kappa shape index (κ3) is 2.63. The summed E-state index contributed by atoms with van der Waals surface area (Å²) in [5.41, 5.74) is 5.64. The van der Waals surface area contributed by atoms with Crippen LogP contribution in [0.4, 0.5) is 0 Å². The molecule has 0 atom stereocenters. The summed E-state index contributed by atoms with van der Waals surface area (Å²) in [6.07, 6.45) is 4.72.